The van der Waals surface area contributed by atoms with Crippen LogP contribution in [-0.2, 0) is 11.8 Å². The molecule has 30 heavy (non-hydrogen) atoms. The number of hydrogen-bond acceptors (Lipinski definition) is 7. The van der Waals surface area contributed by atoms with Crippen molar-refractivity contribution in [3.8, 4) is 5.82 Å². The van der Waals surface area contributed by atoms with Crippen LogP contribution < -0.4 is 5.56 Å². The molecule has 6 rings (SSSR count). The van der Waals surface area contributed by atoms with Crippen LogP contribution in [0.1, 0.15) is 65.6 Å². The number of fused-ring (bicyclic) bond motifs is 2. The van der Waals surface area contributed by atoms with Crippen LogP contribution in [0.25, 0.3) is 5.82 Å². The molecule has 1 saturated carbocycles. The Labute approximate surface area is 170 Å². The van der Waals surface area contributed by atoms with Crippen LogP contribution in [0, 0.1) is 0 Å². The third kappa shape index (κ3) is 2.68. The molecule has 11 heteroatoms. The Balaban J connectivity index is 1.30. The highest BCUT2D eigenvalue weighted by Gasteiger charge is 2.46. The van der Waals surface area contributed by atoms with Gasteiger partial charge in [-0.25, -0.2) is 4.98 Å². The van der Waals surface area contributed by atoms with E-state index < -0.39 is 0 Å². The van der Waals surface area contributed by atoms with Gasteiger partial charge in [-0.15, -0.1) is 5.10 Å². The standard InChI is InChI=1S/C19H21N9O2/c29-17-12-4-6-19(15(12)21-16(22-17)11-2-3-11)5-1-7-27(9-19)18(30)13-8-14(24-23-13)28-10-20-25-26-28/h8,10-11H,1-7,9H2,(H,23,24)(H,21,22,29). The van der Waals surface area contributed by atoms with Gasteiger partial charge in [-0.05, 0) is 49.0 Å². The Morgan fingerprint density at radius 3 is 2.97 bits per heavy atom. The number of carbonyl (C=O) groups excluding carboxylic acids is 1. The number of H-pyrrole nitrogens is 2. The summed E-state index contributed by atoms with van der Waals surface area (Å²) in [6.07, 6.45) is 7.00. The van der Waals surface area contributed by atoms with Gasteiger partial charge in [0.15, 0.2) is 5.82 Å². The zero-order chi connectivity index (χ0) is 20.3. The van der Waals surface area contributed by atoms with Crippen LogP contribution in [0.4, 0.5) is 0 Å². The van der Waals surface area contributed by atoms with Crippen molar-refractivity contribution in [2.24, 2.45) is 0 Å². The number of carbonyl (C=O) groups is 1. The van der Waals surface area contributed by atoms with Gasteiger partial charge in [0, 0.05) is 36.1 Å². The first kappa shape index (κ1) is 17.5. The molecular formula is C19H21N9O2. The predicted molar refractivity (Wildman–Crippen MR) is 103 cm³/mol. The van der Waals surface area contributed by atoms with Crippen LogP contribution in [0.5, 0.6) is 0 Å². The Hall–Kier alpha value is -3.37. The van der Waals surface area contributed by atoms with Gasteiger partial charge < -0.3 is 9.88 Å². The van der Waals surface area contributed by atoms with Crippen molar-refractivity contribution in [1.82, 2.24) is 45.3 Å². The highest BCUT2D eigenvalue weighted by molar-refractivity contribution is 5.92. The smallest absolute Gasteiger partial charge is 0.271 e. The van der Waals surface area contributed by atoms with Crippen LogP contribution in [0.2, 0.25) is 0 Å². The largest absolute Gasteiger partial charge is 0.336 e. The summed E-state index contributed by atoms with van der Waals surface area (Å²) in [4.78, 5) is 35.6. The molecule has 0 aromatic carbocycles. The molecule has 154 valence electrons. The summed E-state index contributed by atoms with van der Waals surface area (Å²) in [6.45, 7) is 1.24. The second kappa shape index (κ2) is 6.31. The summed E-state index contributed by atoms with van der Waals surface area (Å²) in [6, 6.07) is 1.65. The fourth-order valence-corrected chi connectivity index (χ4v) is 4.90. The second-order valence-corrected chi connectivity index (χ2v) is 8.56. The van der Waals surface area contributed by atoms with Gasteiger partial charge in [-0.3, -0.25) is 14.7 Å². The molecule has 1 unspecified atom stereocenters. The topological polar surface area (TPSA) is 138 Å². The molecule has 2 aliphatic carbocycles. The molecule has 1 amide bonds. The lowest BCUT2D eigenvalue weighted by molar-refractivity contribution is 0.0627. The highest BCUT2D eigenvalue weighted by atomic mass is 16.2. The third-order valence-corrected chi connectivity index (χ3v) is 6.60. The van der Waals surface area contributed by atoms with Crippen molar-refractivity contribution in [3.05, 3.63) is 45.5 Å². The van der Waals surface area contributed by atoms with Crippen LogP contribution in [0.3, 0.4) is 0 Å². The Bertz CT molecular complexity index is 1180. The predicted octanol–water partition coefficient (Wildman–Crippen LogP) is 0.466. The van der Waals surface area contributed by atoms with E-state index in [1.165, 1.54) is 11.0 Å². The van der Waals surface area contributed by atoms with E-state index in [-0.39, 0.29) is 16.9 Å². The van der Waals surface area contributed by atoms with E-state index in [2.05, 4.69) is 30.7 Å². The molecule has 1 atom stereocenters. The van der Waals surface area contributed by atoms with Crippen LogP contribution in [0.15, 0.2) is 17.2 Å². The monoisotopic (exact) mass is 407 g/mol. The summed E-state index contributed by atoms with van der Waals surface area (Å²) < 4.78 is 1.40. The molecule has 2 fully saturated rings. The number of nitrogens with one attached hydrogen (secondary N) is 2. The van der Waals surface area contributed by atoms with E-state index in [1.807, 2.05) is 4.90 Å². The number of rotatable bonds is 3. The third-order valence-electron chi connectivity index (χ3n) is 6.60. The number of likely N-dealkylation sites (tertiary alicyclic amines) is 1. The maximum Gasteiger partial charge on any atom is 0.271 e. The summed E-state index contributed by atoms with van der Waals surface area (Å²) in [7, 11) is 0. The summed E-state index contributed by atoms with van der Waals surface area (Å²) in [5, 5.41) is 17.9. The summed E-state index contributed by atoms with van der Waals surface area (Å²) in [5.41, 5.74) is 1.89. The molecule has 3 aromatic heterocycles. The van der Waals surface area contributed by atoms with E-state index in [0.717, 1.165) is 55.6 Å². The molecule has 11 nitrogen and oxygen atoms in total. The van der Waals surface area contributed by atoms with Gasteiger partial charge in [-0.2, -0.15) is 9.78 Å². The van der Waals surface area contributed by atoms with Gasteiger partial charge in [0.2, 0.25) is 0 Å². The first-order valence-electron chi connectivity index (χ1n) is 10.3. The Morgan fingerprint density at radius 2 is 2.17 bits per heavy atom. The quantitative estimate of drug-likeness (QED) is 0.643. The van der Waals surface area contributed by atoms with E-state index in [0.29, 0.717) is 30.5 Å². The minimum absolute atomic E-state index is 0.00174. The van der Waals surface area contributed by atoms with Gasteiger partial charge >= 0.3 is 0 Å². The Kier molecular flexibility index (Phi) is 3.68. The molecule has 1 aliphatic heterocycles. The van der Waals surface area contributed by atoms with E-state index >= 15 is 0 Å². The number of amides is 1. The molecule has 0 radical (unpaired) electrons. The highest BCUT2D eigenvalue weighted by Crippen LogP contribution is 2.45. The number of hydrogen-bond donors (Lipinski definition) is 2. The molecule has 3 aliphatic rings. The van der Waals surface area contributed by atoms with Crippen molar-refractivity contribution in [2.45, 2.75) is 49.9 Å². The molecule has 2 N–H and O–H groups in total. The average molecular weight is 407 g/mol. The van der Waals surface area contributed by atoms with Crippen molar-refractivity contribution >= 4 is 5.91 Å². The molecular weight excluding hydrogens is 386 g/mol. The fraction of sp³-hybridized carbons (Fsp3) is 0.526. The molecule has 3 aromatic rings. The van der Waals surface area contributed by atoms with E-state index in [1.54, 1.807) is 6.07 Å². The number of aromatic amines is 2. The zero-order valence-corrected chi connectivity index (χ0v) is 16.3. The molecule has 4 heterocycles. The minimum Gasteiger partial charge on any atom is -0.336 e. The summed E-state index contributed by atoms with van der Waals surface area (Å²) >= 11 is 0. The SMILES string of the molecule is O=C(c1cc(-n2cnnn2)n[nH]1)N1CCCC2(CCc3c2nc(C2CC2)[nH]c3=O)C1. The van der Waals surface area contributed by atoms with Crippen molar-refractivity contribution in [1.29, 1.82) is 0 Å². The Morgan fingerprint density at radius 1 is 1.27 bits per heavy atom. The maximum absolute atomic E-state index is 13.2. The normalized spacial score (nSPS) is 23.1. The first-order chi connectivity index (χ1) is 14.6. The lowest BCUT2D eigenvalue weighted by Crippen LogP contribution is -2.48. The lowest BCUT2D eigenvalue weighted by atomic mass is 9.77. The van der Waals surface area contributed by atoms with Gasteiger partial charge in [-0.1, -0.05) is 0 Å². The number of piperidine rings is 1. The molecule has 1 spiro atoms. The van der Waals surface area contributed by atoms with Crippen molar-refractivity contribution < 1.29 is 4.79 Å². The van der Waals surface area contributed by atoms with E-state index in [9.17, 15) is 9.59 Å². The van der Waals surface area contributed by atoms with Gasteiger partial charge in [0.25, 0.3) is 11.5 Å². The van der Waals surface area contributed by atoms with Gasteiger partial charge in [0.05, 0.1) is 5.69 Å². The molecule has 1 saturated heterocycles. The number of tetrazole rings is 1. The van der Waals surface area contributed by atoms with Gasteiger partial charge in [0.1, 0.15) is 17.8 Å². The number of aromatic nitrogens is 8. The lowest BCUT2D eigenvalue weighted by Gasteiger charge is -2.40. The number of nitrogens with zero attached hydrogens (tertiary/aromatic N) is 7. The van der Waals surface area contributed by atoms with Crippen molar-refractivity contribution in [2.75, 3.05) is 13.1 Å². The maximum atomic E-state index is 13.2. The summed E-state index contributed by atoms with van der Waals surface area (Å²) in [5.74, 6) is 1.56. The fourth-order valence-electron chi connectivity index (χ4n) is 4.90. The van der Waals surface area contributed by atoms with Crippen LogP contribution >= 0.6 is 0 Å². The van der Waals surface area contributed by atoms with Crippen molar-refractivity contribution in [3.63, 3.8) is 0 Å². The molecule has 0 bridgehead atoms. The minimum atomic E-state index is -0.236. The average Bonchev–Trinajstić information content (AvgIpc) is 3.15. The zero-order valence-electron chi connectivity index (χ0n) is 16.3. The first-order valence-corrected chi connectivity index (χ1v) is 10.3. The second-order valence-electron chi connectivity index (χ2n) is 8.56. The van der Waals surface area contributed by atoms with E-state index in [4.69, 9.17) is 4.98 Å². The van der Waals surface area contributed by atoms with Crippen LogP contribution in [-0.4, -0.2) is 64.3 Å².